The van der Waals surface area contributed by atoms with Gasteiger partial charge < -0.3 is 15.2 Å². The largest absolute Gasteiger partial charge is 0.497 e. The maximum Gasteiger partial charge on any atom is 0.167 e. The minimum atomic E-state index is -0.442. The molecule has 20 heavy (non-hydrogen) atoms. The van der Waals surface area contributed by atoms with Crippen LogP contribution in [0, 0.1) is 5.82 Å². The first kappa shape index (κ1) is 14.8. The molecule has 2 rings (SSSR count). The van der Waals surface area contributed by atoms with E-state index in [9.17, 15) is 4.39 Å². The van der Waals surface area contributed by atoms with Crippen LogP contribution < -0.4 is 15.2 Å². The highest BCUT2D eigenvalue weighted by molar-refractivity contribution is 9.10. The predicted molar refractivity (Wildman–Crippen MR) is 79.8 cm³/mol. The average Bonchev–Trinajstić information content (AvgIpc) is 2.42. The van der Waals surface area contributed by atoms with E-state index in [0.717, 1.165) is 0 Å². The summed E-state index contributed by atoms with van der Waals surface area (Å²) in [5, 5.41) is 0. The van der Waals surface area contributed by atoms with E-state index in [0.29, 0.717) is 21.5 Å². The lowest BCUT2D eigenvalue weighted by Gasteiger charge is -2.15. The molecular formula is C15H15BrFNO2. The van der Waals surface area contributed by atoms with E-state index in [1.807, 2.05) is 0 Å². The molecule has 0 bridgehead atoms. The quantitative estimate of drug-likeness (QED) is 0.897. The molecule has 0 fully saturated rings. The van der Waals surface area contributed by atoms with Crippen LogP contribution in [0.25, 0.3) is 0 Å². The van der Waals surface area contributed by atoms with E-state index in [4.69, 9.17) is 15.2 Å². The fraction of sp³-hybridized carbons (Fsp3) is 0.200. The lowest BCUT2D eigenvalue weighted by atomic mass is 10.1. The van der Waals surface area contributed by atoms with Gasteiger partial charge in [-0.2, -0.15) is 0 Å². The number of para-hydroxylation sites is 1. The molecule has 0 spiro atoms. The summed E-state index contributed by atoms with van der Waals surface area (Å²) in [6.45, 7) is 1.78. The van der Waals surface area contributed by atoms with E-state index >= 15 is 0 Å². The topological polar surface area (TPSA) is 44.5 Å². The van der Waals surface area contributed by atoms with Crippen LogP contribution in [-0.2, 0) is 0 Å². The van der Waals surface area contributed by atoms with Gasteiger partial charge in [-0.15, -0.1) is 0 Å². The van der Waals surface area contributed by atoms with Crippen LogP contribution in [-0.4, -0.2) is 7.11 Å². The molecular weight excluding hydrogens is 325 g/mol. The van der Waals surface area contributed by atoms with Crippen molar-refractivity contribution in [3.8, 4) is 17.2 Å². The molecule has 106 valence electrons. The van der Waals surface area contributed by atoms with Crippen LogP contribution in [0.15, 0.2) is 40.9 Å². The Morgan fingerprint density at radius 2 is 2.00 bits per heavy atom. The van der Waals surface area contributed by atoms with Crippen molar-refractivity contribution in [3.63, 3.8) is 0 Å². The molecule has 2 N–H and O–H groups in total. The molecule has 0 radical (unpaired) electrons. The number of hydrogen-bond donors (Lipinski definition) is 1. The van der Waals surface area contributed by atoms with Gasteiger partial charge in [0.2, 0.25) is 0 Å². The Bertz CT molecular complexity index is 617. The number of ether oxygens (including phenoxy) is 2. The molecule has 0 aliphatic carbocycles. The number of methoxy groups -OCH3 is 1. The Kier molecular flexibility index (Phi) is 4.62. The SMILES string of the molecule is COc1ccc(Oc2c(F)cccc2[C@@H](C)N)c(Br)c1. The number of halogens is 2. The zero-order valence-corrected chi connectivity index (χ0v) is 12.8. The van der Waals surface area contributed by atoms with Crippen molar-refractivity contribution in [3.05, 3.63) is 52.3 Å². The first-order valence-corrected chi connectivity index (χ1v) is 6.87. The molecule has 2 aromatic rings. The maximum atomic E-state index is 14.0. The van der Waals surface area contributed by atoms with Crippen LogP contribution in [0.3, 0.4) is 0 Å². The third-order valence-electron chi connectivity index (χ3n) is 2.84. The summed E-state index contributed by atoms with van der Waals surface area (Å²) in [7, 11) is 1.58. The van der Waals surface area contributed by atoms with Crippen LogP contribution in [0.5, 0.6) is 17.2 Å². The number of rotatable bonds is 4. The van der Waals surface area contributed by atoms with Crippen molar-refractivity contribution in [1.82, 2.24) is 0 Å². The zero-order valence-electron chi connectivity index (χ0n) is 11.2. The van der Waals surface area contributed by atoms with E-state index < -0.39 is 5.82 Å². The Morgan fingerprint density at radius 1 is 1.25 bits per heavy atom. The number of nitrogens with two attached hydrogens (primary N) is 1. The fourth-order valence-electron chi connectivity index (χ4n) is 1.79. The maximum absolute atomic E-state index is 14.0. The second-order valence-electron chi connectivity index (χ2n) is 4.35. The van der Waals surface area contributed by atoms with Gasteiger partial charge in [0.15, 0.2) is 11.6 Å². The van der Waals surface area contributed by atoms with Gasteiger partial charge in [0.05, 0.1) is 11.6 Å². The highest BCUT2D eigenvalue weighted by Gasteiger charge is 2.15. The van der Waals surface area contributed by atoms with Crippen molar-refractivity contribution in [2.45, 2.75) is 13.0 Å². The van der Waals surface area contributed by atoms with E-state index in [2.05, 4.69) is 15.9 Å². The summed E-state index contributed by atoms with van der Waals surface area (Å²) < 4.78 is 25.4. The first-order chi connectivity index (χ1) is 9.52. The van der Waals surface area contributed by atoms with Crippen molar-refractivity contribution >= 4 is 15.9 Å². The Hall–Kier alpha value is -1.59. The van der Waals surface area contributed by atoms with Crippen LogP contribution in [0.1, 0.15) is 18.5 Å². The van der Waals surface area contributed by atoms with Crippen LogP contribution in [0.4, 0.5) is 4.39 Å². The van der Waals surface area contributed by atoms with Gasteiger partial charge in [0.1, 0.15) is 11.5 Å². The summed E-state index contributed by atoms with van der Waals surface area (Å²) >= 11 is 3.37. The minimum Gasteiger partial charge on any atom is -0.497 e. The molecule has 0 saturated carbocycles. The molecule has 0 aliphatic rings. The normalized spacial score (nSPS) is 12.1. The molecule has 0 heterocycles. The zero-order chi connectivity index (χ0) is 14.7. The van der Waals surface area contributed by atoms with Gasteiger partial charge in [0.25, 0.3) is 0 Å². The lowest BCUT2D eigenvalue weighted by Crippen LogP contribution is -2.07. The Morgan fingerprint density at radius 3 is 2.60 bits per heavy atom. The summed E-state index contributed by atoms with van der Waals surface area (Å²) in [6, 6.07) is 9.59. The average molecular weight is 340 g/mol. The first-order valence-electron chi connectivity index (χ1n) is 6.08. The molecule has 0 saturated heterocycles. The lowest BCUT2D eigenvalue weighted by molar-refractivity contribution is 0.408. The van der Waals surface area contributed by atoms with Gasteiger partial charge in [-0.05, 0) is 47.1 Å². The number of benzene rings is 2. The monoisotopic (exact) mass is 339 g/mol. The Balaban J connectivity index is 2.40. The van der Waals surface area contributed by atoms with E-state index in [1.54, 1.807) is 44.4 Å². The van der Waals surface area contributed by atoms with Gasteiger partial charge in [-0.25, -0.2) is 4.39 Å². The molecule has 0 amide bonds. The molecule has 0 aliphatic heterocycles. The molecule has 1 atom stereocenters. The highest BCUT2D eigenvalue weighted by atomic mass is 79.9. The molecule has 2 aromatic carbocycles. The highest BCUT2D eigenvalue weighted by Crippen LogP contribution is 2.36. The van der Waals surface area contributed by atoms with Gasteiger partial charge in [-0.3, -0.25) is 0 Å². The Labute approximate surface area is 125 Å². The predicted octanol–water partition coefficient (Wildman–Crippen LogP) is 4.41. The van der Waals surface area contributed by atoms with Crippen molar-refractivity contribution in [2.75, 3.05) is 7.11 Å². The molecule has 3 nitrogen and oxygen atoms in total. The summed E-state index contributed by atoms with van der Waals surface area (Å²) in [5.74, 6) is 0.888. The standard InChI is InChI=1S/C15H15BrFNO2/c1-9(18)11-4-3-5-13(17)15(11)20-14-7-6-10(19-2)8-12(14)16/h3-9H,18H2,1-2H3/t9-/m1/s1. The van der Waals surface area contributed by atoms with E-state index in [1.165, 1.54) is 6.07 Å². The second kappa shape index (κ2) is 6.24. The van der Waals surface area contributed by atoms with Crippen molar-refractivity contribution in [1.29, 1.82) is 0 Å². The van der Waals surface area contributed by atoms with Crippen LogP contribution in [0.2, 0.25) is 0 Å². The smallest absolute Gasteiger partial charge is 0.167 e. The summed E-state index contributed by atoms with van der Waals surface area (Å²) in [6.07, 6.45) is 0. The van der Waals surface area contributed by atoms with Crippen molar-refractivity contribution < 1.29 is 13.9 Å². The summed E-state index contributed by atoms with van der Waals surface area (Å²) in [5.41, 5.74) is 6.46. The number of hydrogen-bond acceptors (Lipinski definition) is 3. The minimum absolute atomic E-state index is 0.147. The second-order valence-corrected chi connectivity index (χ2v) is 5.20. The van der Waals surface area contributed by atoms with Crippen molar-refractivity contribution in [2.24, 2.45) is 5.73 Å². The fourth-order valence-corrected chi connectivity index (χ4v) is 2.23. The summed E-state index contributed by atoms with van der Waals surface area (Å²) in [4.78, 5) is 0. The van der Waals surface area contributed by atoms with Gasteiger partial charge in [0, 0.05) is 11.6 Å². The molecule has 0 aromatic heterocycles. The van der Waals surface area contributed by atoms with Crippen LogP contribution >= 0.6 is 15.9 Å². The van der Waals surface area contributed by atoms with Gasteiger partial charge >= 0.3 is 0 Å². The molecule has 5 heteroatoms. The van der Waals surface area contributed by atoms with E-state index in [-0.39, 0.29) is 11.8 Å². The molecule has 0 unspecified atom stereocenters. The third-order valence-corrected chi connectivity index (χ3v) is 3.46. The van der Waals surface area contributed by atoms with Gasteiger partial charge in [-0.1, -0.05) is 12.1 Å². The third kappa shape index (κ3) is 3.11.